The molecule has 0 saturated carbocycles. The molecule has 1 aromatic heterocycles. The maximum absolute atomic E-state index is 12.8. The van der Waals surface area contributed by atoms with Crippen LogP contribution in [0, 0.1) is 0 Å². The van der Waals surface area contributed by atoms with Gasteiger partial charge in [0, 0.05) is 0 Å². The van der Waals surface area contributed by atoms with E-state index in [0.29, 0.717) is 18.1 Å². The van der Waals surface area contributed by atoms with Crippen molar-refractivity contribution in [3.8, 4) is 35.0 Å². The Kier molecular flexibility index (Phi) is 6.06. The molecule has 9 heteroatoms. The predicted molar refractivity (Wildman–Crippen MR) is 97.8 cm³/mol. The second-order valence-electron chi connectivity index (χ2n) is 5.67. The van der Waals surface area contributed by atoms with E-state index in [1.54, 1.807) is 31.2 Å². The number of aromatic nitrogens is 2. The van der Waals surface area contributed by atoms with Gasteiger partial charge in [-0.15, -0.1) is 0 Å². The average molecular weight is 406 g/mol. The summed E-state index contributed by atoms with van der Waals surface area (Å²) in [4.78, 5) is 8.15. The van der Waals surface area contributed by atoms with Crippen molar-refractivity contribution in [1.29, 1.82) is 0 Å². The highest BCUT2D eigenvalue weighted by Crippen LogP contribution is 2.33. The monoisotopic (exact) mass is 406 g/mol. The van der Waals surface area contributed by atoms with Gasteiger partial charge < -0.3 is 18.9 Å². The van der Waals surface area contributed by atoms with Gasteiger partial charge in [-0.25, -0.2) is 0 Å². The van der Waals surface area contributed by atoms with E-state index in [9.17, 15) is 13.2 Å². The van der Waals surface area contributed by atoms with Crippen molar-refractivity contribution in [2.75, 3.05) is 13.7 Å². The van der Waals surface area contributed by atoms with E-state index in [1.807, 2.05) is 0 Å². The number of hydrogen-bond acceptors (Lipinski definition) is 6. The van der Waals surface area contributed by atoms with Crippen LogP contribution in [-0.4, -0.2) is 23.7 Å². The number of halogens is 3. The van der Waals surface area contributed by atoms with Gasteiger partial charge in [-0.2, -0.15) is 23.1 Å². The molecule has 0 fully saturated rings. The van der Waals surface area contributed by atoms with Gasteiger partial charge in [0.1, 0.15) is 17.2 Å². The van der Waals surface area contributed by atoms with Crippen LogP contribution in [0.1, 0.15) is 12.5 Å². The SMILES string of the molecule is CCOc1nc(OC)cc(Oc2ccc(Oc3cccc(C(F)(F)F)c3)cc2)n1. The zero-order chi connectivity index (χ0) is 20.9. The van der Waals surface area contributed by atoms with Gasteiger partial charge in [0.25, 0.3) is 0 Å². The molecule has 0 radical (unpaired) electrons. The number of methoxy groups -OCH3 is 1. The van der Waals surface area contributed by atoms with Crippen molar-refractivity contribution in [3.05, 3.63) is 60.2 Å². The predicted octanol–water partition coefficient (Wildman–Crippen LogP) is 5.49. The quantitative estimate of drug-likeness (QED) is 0.517. The molecule has 0 atom stereocenters. The van der Waals surface area contributed by atoms with E-state index in [-0.39, 0.29) is 23.5 Å². The second-order valence-corrected chi connectivity index (χ2v) is 5.67. The van der Waals surface area contributed by atoms with Crippen molar-refractivity contribution in [2.24, 2.45) is 0 Å². The highest BCUT2D eigenvalue weighted by molar-refractivity contribution is 5.38. The zero-order valence-electron chi connectivity index (χ0n) is 15.6. The lowest BCUT2D eigenvalue weighted by Gasteiger charge is -2.11. The molecule has 3 rings (SSSR count). The van der Waals surface area contributed by atoms with Gasteiger partial charge in [0.2, 0.25) is 11.8 Å². The first-order valence-electron chi connectivity index (χ1n) is 8.56. The van der Waals surface area contributed by atoms with Crippen LogP contribution >= 0.6 is 0 Å². The summed E-state index contributed by atoms with van der Waals surface area (Å²) in [5.41, 5.74) is -0.780. The molecule has 0 aliphatic rings. The Morgan fingerprint density at radius 2 is 1.48 bits per heavy atom. The highest BCUT2D eigenvalue weighted by atomic mass is 19.4. The third-order valence-corrected chi connectivity index (χ3v) is 3.58. The standard InChI is InChI=1S/C20H17F3N2O4/c1-3-27-19-24-17(26-2)12-18(25-19)29-15-9-7-14(8-10-15)28-16-6-4-5-13(11-16)20(21,22)23/h4-12H,3H2,1-2H3. The number of ether oxygens (including phenoxy) is 4. The molecular formula is C20H17F3N2O4. The van der Waals surface area contributed by atoms with Gasteiger partial charge in [-0.1, -0.05) is 6.07 Å². The van der Waals surface area contributed by atoms with Gasteiger partial charge in [0.05, 0.1) is 25.3 Å². The number of hydrogen-bond donors (Lipinski definition) is 0. The van der Waals surface area contributed by atoms with Crippen LogP contribution in [0.5, 0.6) is 35.0 Å². The minimum atomic E-state index is -4.43. The molecule has 6 nitrogen and oxygen atoms in total. The molecule has 2 aromatic carbocycles. The van der Waals surface area contributed by atoms with Crippen molar-refractivity contribution >= 4 is 0 Å². The molecule has 29 heavy (non-hydrogen) atoms. The van der Waals surface area contributed by atoms with Gasteiger partial charge in [0.15, 0.2) is 0 Å². The van der Waals surface area contributed by atoms with E-state index in [2.05, 4.69) is 9.97 Å². The third-order valence-electron chi connectivity index (χ3n) is 3.58. The summed E-state index contributed by atoms with van der Waals surface area (Å²) in [6, 6.07) is 12.6. The van der Waals surface area contributed by atoms with Gasteiger partial charge >= 0.3 is 12.2 Å². The van der Waals surface area contributed by atoms with Crippen LogP contribution in [0.2, 0.25) is 0 Å². The first-order valence-corrected chi connectivity index (χ1v) is 8.56. The Bertz CT molecular complexity index is 963. The lowest BCUT2D eigenvalue weighted by Crippen LogP contribution is -2.04. The van der Waals surface area contributed by atoms with E-state index in [1.165, 1.54) is 25.3 Å². The van der Waals surface area contributed by atoms with Gasteiger partial charge in [-0.3, -0.25) is 0 Å². The molecule has 0 saturated heterocycles. The summed E-state index contributed by atoms with van der Waals surface area (Å²) in [6.07, 6.45) is -4.43. The van der Waals surface area contributed by atoms with Crippen LogP contribution in [-0.2, 0) is 6.18 Å². The lowest BCUT2D eigenvalue weighted by atomic mass is 10.2. The number of benzene rings is 2. The van der Waals surface area contributed by atoms with Crippen molar-refractivity contribution in [1.82, 2.24) is 9.97 Å². The molecule has 0 amide bonds. The van der Waals surface area contributed by atoms with Crippen LogP contribution in [0.4, 0.5) is 13.2 Å². The fourth-order valence-electron chi connectivity index (χ4n) is 2.30. The van der Waals surface area contributed by atoms with Gasteiger partial charge in [-0.05, 0) is 49.4 Å². The highest BCUT2D eigenvalue weighted by Gasteiger charge is 2.30. The van der Waals surface area contributed by atoms with Crippen molar-refractivity contribution in [3.63, 3.8) is 0 Å². The minimum Gasteiger partial charge on any atom is -0.481 e. The Labute approximate surface area is 164 Å². The van der Waals surface area contributed by atoms with Crippen LogP contribution in [0.3, 0.4) is 0 Å². The molecular weight excluding hydrogens is 389 g/mol. The van der Waals surface area contributed by atoms with E-state index in [0.717, 1.165) is 12.1 Å². The second kappa shape index (κ2) is 8.68. The summed E-state index contributed by atoms with van der Waals surface area (Å²) < 4.78 is 59.9. The van der Waals surface area contributed by atoms with E-state index >= 15 is 0 Å². The van der Waals surface area contributed by atoms with Crippen molar-refractivity contribution < 1.29 is 32.1 Å². The van der Waals surface area contributed by atoms with E-state index in [4.69, 9.17) is 18.9 Å². The maximum Gasteiger partial charge on any atom is 0.416 e. The molecule has 0 aliphatic heterocycles. The summed E-state index contributed by atoms with van der Waals surface area (Å²) >= 11 is 0. The largest absolute Gasteiger partial charge is 0.481 e. The molecule has 0 N–H and O–H groups in total. The minimum absolute atomic E-state index is 0.0791. The Hall–Kier alpha value is -3.49. The number of rotatable bonds is 7. The topological polar surface area (TPSA) is 62.7 Å². The summed E-state index contributed by atoms with van der Waals surface area (Å²) in [5, 5.41) is 0. The summed E-state index contributed by atoms with van der Waals surface area (Å²) in [7, 11) is 1.46. The Morgan fingerprint density at radius 3 is 2.10 bits per heavy atom. The Morgan fingerprint density at radius 1 is 0.828 bits per heavy atom. The zero-order valence-corrected chi connectivity index (χ0v) is 15.6. The fraction of sp³-hybridized carbons (Fsp3) is 0.200. The molecule has 0 spiro atoms. The van der Waals surface area contributed by atoms with E-state index < -0.39 is 11.7 Å². The normalized spacial score (nSPS) is 11.1. The lowest BCUT2D eigenvalue weighted by molar-refractivity contribution is -0.137. The maximum atomic E-state index is 12.8. The number of alkyl halides is 3. The smallest absolute Gasteiger partial charge is 0.416 e. The van der Waals surface area contributed by atoms with Crippen LogP contribution in [0.15, 0.2) is 54.6 Å². The van der Waals surface area contributed by atoms with Crippen molar-refractivity contribution in [2.45, 2.75) is 13.1 Å². The fourth-order valence-corrected chi connectivity index (χ4v) is 2.30. The molecule has 152 valence electrons. The third kappa shape index (κ3) is 5.50. The van der Waals surface area contributed by atoms with Crippen LogP contribution in [0.25, 0.3) is 0 Å². The Balaban J connectivity index is 1.72. The molecule has 0 unspecified atom stereocenters. The average Bonchev–Trinajstić information content (AvgIpc) is 2.69. The molecule has 1 heterocycles. The summed E-state index contributed by atoms with van der Waals surface area (Å²) in [6.45, 7) is 2.18. The number of nitrogens with zero attached hydrogens (tertiary/aromatic N) is 2. The first kappa shape index (κ1) is 20.2. The van der Waals surface area contributed by atoms with Crippen LogP contribution < -0.4 is 18.9 Å². The molecule has 0 bridgehead atoms. The molecule has 3 aromatic rings. The first-order chi connectivity index (χ1) is 13.9. The summed E-state index contributed by atoms with van der Waals surface area (Å²) in [5.74, 6) is 1.36. The molecule has 0 aliphatic carbocycles.